The molecule has 3 rings (SSSR count). The van der Waals surface area contributed by atoms with E-state index in [1.165, 1.54) is 11.3 Å². The third kappa shape index (κ3) is 2.80. The number of nitrogens with two attached hydrogens (primary N) is 1. The van der Waals surface area contributed by atoms with Crippen molar-refractivity contribution in [3.05, 3.63) is 22.7 Å². The van der Waals surface area contributed by atoms with Gasteiger partial charge in [0.1, 0.15) is 9.71 Å². The van der Waals surface area contributed by atoms with Crippen molar-refractivity contribution < 1.29 is 9.00 Å². The number of nitrogens with zero attached hydrogens (tertiary/aromatic N) is 1. The lowest BCUT2D eigenvalue weighted by molar-refractivity contribution is 0.0939. The van der Waals surface area contributed by atoms with Gasteiger partial charge in [0, 0.05) is 39.9 Å². The third-order valence-corrected chi connectivity index (χ3v) is 6.26. The van der Waals surface area contributed by atoms with Crippen molar-refractivity contribution in [1.29, 1.82) is 0 Å². The molecule has 21 heavy (non-hydrogen) atoms. The van der Waals surface area contributed by atoms with Crippen molar-refractivity contribution in [3.63, 3.8) is 0 Å². The summed E-state index contributed by atoms with van der Waals surface area (Å²) in [6.07, 6.45) is 3.26. The summed E-state index contributed by atoms with van der Waals surface area (Å²) < 4.78 is 11.3. The van der Waals surface area contributed by atoms with Crippen LogP contribution in [0.25, 0.3) is 10.2 Å². The van der Waals surface area contributed by atoms with Gasteiger partial charge in [-0.15, -0.1) is 11.3 Å². The number of carbonyl (C=O) groups is 1. The van der Waals surface area contributed by atoms with Crippen LogP contribution in [-0.2, 0) is 10.8 Å². The molecule has 1 saturated heterocycles. The van der Waals surface area contributed by atoms with Gasteiger partial charge in [-0.25, -0.2) is 4.98 Å². The molecule has 1 aliphatic heterocycles. The Morgan fingerprint density at radius 2 is 2.19 bits per heavy atom. The number of amides is 1. The number of thiophene rings is 1. The third-order valence-electron chi connectivity index (χ3n) is 3.77. The van der Waals surface area contributed by atoms with Crippen molar-refractivity contribution in [2.24, 2.45) is 0 Å². The van der Waals surface area contributed by atoms with Crippen molar-refractivity contribution in [3.8, 4) is 0 Å². The van der Waals surface area contributed by atoms with E-state index in [9.17, 15) is 9.00 Å². The predicted octanol–water partition coefficient (Wildman–Crippen LogP) is 1.83. The van der Waals surface area contributed by atoms with Crippen LogP contribution in [0.2, 0.25) is 0 Å². The number of aryl methyl sites for hydroxylation is 1. The van der Waals surface area contributed by atoms with E-state index in [2.05, 4.69) is 10.3 Å². The van der Waals surface area contributed by atoms with Crippen LogP contribution in [0.15, 0.2) is 12.3 Å². The number of carbonyl (C=O) groups excluding carboxylic acids is 1. The maximum atomic E-state index is 12.4. The highest BCUT2D eigenvalue weighted by Crippen LogP contribution is 2.34. The van der Waals surface area contributed by atoms with Gasteiger partial charge < -0.3 is 11.1 Å². The first-order valence-corrected chi connectivity index (χ1v) is 9.16. The van der Waals surface area contributed by atoms with Crippen LogP contribution in [0.4, 0.5) is 5.69 Å². The fraction of sp³-hybridized carbons (Fsp3) is 0.429. The molecule has 3 heterocycles. The second-order valence-corrected chi connectivity index (χ2v) is 7.94. The summed E-state index contributed by atoms with van der Waals surface area (Å²) in [6, 6.07) is 1.98. The number of hydrogen-bond donors (Lipinski definition) is 2. The van der Waals surface area contributed by atoms with Crippen LogP contribution >= 0.6 is 11.3 Å². The summed E-state index contributed by atoms with van der Waals surface area (Å²) in [5.41, 5.74) is 7.67. The Hall–Kier alpha value is -1.47. The zero-order chi connectivity index (χ0) is 15.0. The molecule has 0 unspecified atom stereocenters. The highest BCUT2D eigenvalue weighted by atomic mass is 32.2. The number of nitrogens with one attached hydrogen (secondary N) is 1. The van der Waals surface area contributed by atoms with E-state index in [4.69, 9.17) is 5.73 Å². The second kappa shape index (κ2) is 5.73. The molecule has 0 atom stereocenters. The van der Waals surface area contributed by atoms with E-state index in [0.717, 1.165) is 28.6 Å². The SMILES string of the molecule is Cc1ccnc2sc(C(=O)NC3CCS(=O)CC3)c(N)c12. The molecule has 0 spiro atoms. The van der Waals surface area contributed by atoms with E-state index in [1.807, 2.05) is 13.0 Å². The molecule has 0 saturated carbocycles. The van der Waals surface area contributed by atoms with E-state index < -0.39 is 10.8 Å². The van der Waals surface area contributed by atoms with Crippen molar-refractivity contribution in [2.45, 2.75) is 25.8 Å². The first-order chi connectivity index (χ1) is 10.1. The summed E-state index contributed by atoms with van der Waals surface area (Å²) in [6.45, 7) is 1.96. The van der Waals surface area contributed by atoms with E-state index >= 15 is 0 Å². The van der Waals surface area contributed by atoms with Gasteiger partial charge in [0.2, 0.25) is 0 Å². The molecule has 2 aromatic rings. The lowest BCUT2D eigenvalue weighted by atomic mass is 10.1. The van der Waals surface area contributed by atoms with Crippen molar-refractivity contribution >= 4 is 43.9 Å². The molecule has 1 aliphatic rings. The van der Waals surface area contributed by atoms with Gasteiger partial charge >= 0.3 is 0 Å². The zero-order valence-corrected chi connectivity index (χ0v) is 13.4. The van der Waals surface area contributed by atoms with Crippen molar-refractivity contribution in [1.82, 2.24) is 10.3 Å². The highest BCUT2D eigenvalue weighted by Gasteiger charge is 2.23. The number of pyridine rings is 1. The topological polar surface area (TPSA) is 85.1 Å². The highest BCUT2D eigenvalue weighted by molar-refractivity contribution is 7.85. The molecule has 5 nitrogen and oxygen atoms in total. The van der Waals surface area contributed by atoms with Crippen LogP contribution in [0.1, 0.15) is 28.1 Å². The zero-order valence-electron chi connectivity index (χ0n) is 11.7. The maximum absolute atomic E-state index is 12.4. The smallest absolute Gasteiger partial charge is 0.263 e. The molecule has 0 aromatic carbocycles. The Labute approximate surface area is 129 Å². The van der Waals surface area contributed by atoms with E-state index in [0.29, 0.717) is 22.1 Å². The largest absolute Gasteiger partial charge is 0.397 e. The van der Waals surface area contributed by atoms with E-state index in [1.54, 1.807) is 6.20 Å². The summed E-state index contributed by atoms with van der Waals surface area (Å²) in [7, 11) is -0.723. The number of fused-ring (bicyclic) bond motifs is 1. The molecule has 3 N–H and O–H groups in total. The van der Waals surface area contributed by atoms with E-state index in [-0.39, 0.29) is 11.9 Å². The first kappa shape index (κ1) is 14.5. The van der Waals surface area contributed by atoms with Gasteiger partial charge in [-0.05, 0) is 31.4 Å². The molecule has 112 valence electrons. The minimum absolute atomic E-state index is 0.0915. The Balaban J connectivity index is 1.83. The normalized spacial score (nSPS) is 22.3. The minimum atomic E-state index is -0.723. The minimum Gasteiger partial charge on any atom is -0.397 e. The Bertz CT molecular complexity index is 716. The Kier molecular flexibility index (Phi) is 3.95. The standard InChI is InChI=1S/C14H17N3O2S2/c1-8-2-5-16-14-10(8)11(15)12(20-14)13(18)17-9-3-6-21(19)7-4-9/h2,5,9H,3-4,6-7,15H2,1H3,(H,17,18). The van der Waals surface area contributed by atoms with Crippen LogP contribution in [0, 0.1) is 6.92 Å². The van der Waals surface area contributed by atoms with Crippen LogP contribution in [0.5, 0.6) is 0 Å². The molecule has 1 amide bonds. The number of hydrogen-bond acceptors (Lipinski definition) is 5. The van der Waals surface area contributed by atoms with Gasteiger partial charge in [0.15, 0.2) is 0 Å². The molecule has 0 aliphatic carbocycles. The Morgan fingerprint density at radius 3 is 2.86 bits per heavy atom. The summed E-state index contributed by atoms with van der Waals surface area (Å²) in [5, 5.41) is 3.88. The molecule has 2 aromatic heterocycles. The van der Waals surface area contributed by atoms with Gasteiger partial charge in [0.25, 0.3) is 5.91 Å². The van der Waals surface area contributed by atoms with Gasteiger partial charge in [-0.2, -0.15) is 0 Å². The number of rotatable bonds is 2. The van der Waals surface area contributed by atoms with Gasteiger partial charge in [-0.1, -0.05) is 0 Å². The molecular formula is C14H17N3O2S2. The average Bonchev–Trinajstić information content (AvgIpc) is 2.80. The monoisotopic (exact) mass is 323 g/mol. The molecule has 0 radical (unpaired) electrons. The summed E-state index contributed by atoms with van der Waals surface area (Å²) in [5.74, 6) is 1.17. The average molecular weight is 323 g/mol. The maximum Gasteiger partial charge on any atom is 0.263 e. The lowest BCUT2D eigenvalue weighted by Crippen LogP contribution is -2.39. The fourth-order valence-corrected chi connectivity index (χ4v) is 4.90. The number of anilines is 1. The number of aromatic nitrogens is 1. The molecule has 1 fully saturated rings. The van der Waals surface area contributed by atoms with Gasteiger partial charge in [-0.3, -0.25) is 9.00 Å². The fourth-order valence-electron chi connectivity index (χ4n) is 2.56. The van der Waals surface area contributed by atoms with Gasteiger partial charge in [0.05, 0.1) is 5.69 Å². The first-order valence-electron chi connectivity index (χ1n) is 6.85. The Morgan fingerprint density at radius 1 is 1.48 bits per heavy atom. The molecular weight excluding hydrogens is 306 g/mol. The summed E-state index contributed by atoms with van der Waals surface area (Å²) >= 11 is 1.33. The lowest BCUT2D eigenvalue weighted by Gasteiger charge is -2.22. The van der Waals surface area contributed by atoms with Crippen LogP contribution < -0.4 is 11.1 Å². The van der Waals surface area contributed by atoms with Crippen molar-refractivity contribution in [2.75, 3.05) is 17.2 Å². The molecule has 0 bridgehead atoms. The summed E-state index contributed by atoms with van der Waals surface area (Å²) in [4.78, 5) is 18.0. The van der Waals surface area contributed by atoms with Crippen LogP contribution in [0.3, 0.4) is 0 Å². The van der Waals surface area contributed by atoms with Crippen LogP contribution in [-0.4, -0.2) is 32.6 Å². The second-order valence-electron chi connectivity index (χ2n) is 5.25. The molecule has 7 heteroatoms. The predicted molar refractivity (Wildman–Crippen MR) is 87.1 cm³/mol. The number of nitrogen functional groups attached to an aromatic ring is 1. The quantitative estimate of drug-likeness (QED) is 0.883.